The molecular weight excluding hydrogens is 398 g/mol. The van der Waals surface area contributed by atoms with Crippen LogP contribution in [0.25, 0.3) is 0 Å². The summed E-state index contributed by atoms with van der Waals surface area (Å²) < 4.78 is 88.2. The fraction of sp³-hybridized carbons (Fsp3) is 0.429. The molecule has 8 heteroatoms. The first kappa shape index (κ1) is 23.1. The van der Waals surface area contributed by atoms with Gasteiger partial charge in [-0.25, -0.2) is 4.39 Å². The minimum atomic E-state index is -4.85. The Kier molecular flexibility index (Phi) is 7.57. The molecule has 2 nitrogen and oxygen atoms in total. The molecule has 0 N–H and O–H groups in total. The monoisotopic (exact) mass is 420 g/mol. The third-order valence-electron chi connectivity index (χ3n) is 4.32. The lowest BCUT2D eigenvalue weighted by Gasteiger charge is -2.23. The summed E-state index contributed by atoms with van der Waals surface area (Å²) in [5.41, 5.74) is -0.0692. The van der Waals surface area contributed by atoms with E-state index in [0.29, 0.717) is 12.0 Å². The van der Waals surface area contributed by atoms with E-state index in [2.05, 4.69) is 4.74 Å². The first-order valence-electron chi connectivity index (χ1n) is 9.22. The summed E-state index contributed by atoms with van der Waals surface area (Å²) in [5, 5.41) is 0. The maximum Gasteiger partial charge on any atom is 0.573 e. The van der Waals surface area contributed by atoms with Crippen molar-refractivity contribution in [2.24, 2.45) is 0 Å². The number of aryl methyl sites for hydroxylation is 1. The molecule has 0 heterocycles. The lowest BCUT2D eigenvalue weighted by atomic mass is 10.0. The van der Waals surface area contributed by atoms with Crippen LogP contribution < -0.4 is 4.74 Å². The number of rotatable bonds is 9. The highest BCUT2D eigenvalue weighted by molar-refractivity contribution is 5.29. The van der Waals surface area contributed by atoms with Gasteiger partial charge in [0.2, 0.25) is 0 Å². The first-order chi connectivity index (χ1) is 13.5. The number of halogens is 6. The summed E-state index contributed by atoms with van der Waals surface area (Å²) in [6.45, 7) is 3.32. The second-order valence-corrected chi connectivity index (χ2v) is 6.66. The Hall–Kier alpha value is -2.22. The predicted octanol–water partition coefficient (Wildman–Crippen LogP) is 7.28. The van der Waals surface area contributed by atoms with Crippen molar-refractivity contribution in [3.8, 4) is 5.75 Å². The highest BCUT2D eigenvalue weighted by Gasteiger charge is 2.38. The Morgan fingerprint density at radius 2 is 1.59 bits per heavy atom. The molecule has 0 bridgehead atoms. The largest absolute Gasteiger partial charge is 0.573 e. The third kappa shape index (κ3) is 6.96. The van der Waals surface area contributed by atoms with Gasteiger partial charge in [-0.05, 0) is 55.2 Å². The summed E-state index contributed by atoms with van der Waals surface area (Å²) in [5.74, 6) is -1.55. The Balaban J connectivity index is 2.07. The zero-order valence-electron chi connectivity index (χ0n) is 16.0. The third-order valence-corrected chi connectivity index (χ3v) is 4.32. The van der Waals surface area contributed by atoms with Crippen molar-refractivity contribution in [1.82, 2.24) is 0 Å². The molecule has 160 valence electrons. The van der Waals surface area contributed by atoms with Gasteiger partial charge in [0.15, 0.2) is 0 Å². The summed E-state index contributed by atoms with van der Waals surface area (Å²) >= 11 is 0. The van der Waals surface area contributed by atoms with E-state index in [9.17, 15) is 26.3 Å². The van der Waals surface area contributed by atoms with Gasteiger partial charge in [0.05, 0.1) is 11.7 Å². The Morgan fingerprint density at radius 3 is 2.14 bits per heavy atom. The second-order valence-electron chi connectivity index (χ2n) is 6.66. The molecule has 2 aromatic rings. The van der Waals surface area contributed by atoms with Gasteiger partial charge in [-0.15, -0.1) is 13.2 Å². The van der Waals surface area contributed by atoms with Crippen molar-refractivity contribution in [3.05, 3.63) is 65.0 Å². The van der Waals surface area contributed by atoms with Crippen LogP contribution in [-0.4, -0.2) is 6.36 Å². The maximum absolute atomic E-state index is 14.5. The van der Waals surface area contributed by atoms with Crippen LogP contribution in [0.15, 0.2) is 42.5 Å². The molecule has 0 radical (unpaired) electrons. The molecule has 0 aliphatic rings. The van der Waals surface area contributed by atoms with Crippen LogP contribution in [0.2, 0.25) is 0 Å². The van der Waals surface area contributed by atoms with E-state index >= 15 is 0 Å². The molecule has 0 saturated heterocycles. The lowest BCUT2D eigenvalue weighted by Crippen LogP contribution is -2.22. The van der Waals surface area contributed by atoms with Crippen LogP contribution in [-0.2, 0) is 17.3 Å². The molecule has 2 rings (SSSR count). The van der Waals surface area contributed by atoms with Crippen LogP contribution in [0, 0.1) is 5.82 Å². The summed E-state index contributed by atoms with van der Waals surface area (Å²) in [7, 11) is 0. The normalized spacial score (nSPS) is 13.4. The quantitative estimate of drug-likeness (QED) is 0.313. The van der Waals surface area contributed by atoms with Gasteiger partial charge in [-0.3, -0.25) is 0 Å². The molecule has 0 amide bonds. The molecule has 1 atom stereocenters. The van der Waals surface area contributed by atoms with Gasteiger partial charge in [0.1, 0.15) is 11.6 Å². The smallest absolute Gasteiger partial charge is 0.406 e. The van der Waals surface area contributed by atoms with Crippen molar-refractivity contribution in [3.63, 3.8) is 0 Å². The van der Waals surface area contributed by atoms with Crippen molar-refractivity contribution >= 4 is 0 Å². The van der Waals surface area contributed by atoms with Crippen molar-refractivity contribution in [2.45, 2.75) is 58.1 Å². The zero-order valence-corrected chi connectivity index (χ0v) is 16.0. The zero-order chi connectivity index (χ0) is 21.7. The highest BCUT2D eigenvalue weighted by Crippen LogP contribution is 2.37. The fourth-order valence-corrected chi connectivity index (χ4v) is 2.82. The molecule has 0 saturated carbocycles. The molecule has 0 spiro atoms. The molecule has 0 aliphatic carbocycles. The van der Waals surface area contributed by atoms with E-state index in [-0.39, 0.29) is 5.56 Å². The maximum atomic E-state index is 14.5. The molecule has 0 aliphatic heterocycles. The highest BCUT2D eigenvalue weighted by atomic mass is 19.4. The molecule has 1 unspecified atom stereocenters. The van der Waals surface area contributed by atoms with Gasteiger partial charge < -0.3 is 9.47 Å². The summed E-state index contributed by atoms with van der Waals surface area (Å²) in [6, 6.07) is 7.86. The van der Waals surface area contributed by atoms with Gasteiger partial charge in [-0.2, -0.15) is 8.78 Å². The minimum absolute atomic E-state index is 0.191. The van der Waals surface area contributed by atoms with Gasteiger partial charge in [0, 0.05) is 0 Å². The first-order valence-corrected chi connectivity index (χ1v) is 9.22. The van der Waals surface area contributed by atoms with Crippen LogP contribution in [0.1, 0.15) is 55.9 Å². The Morgan fingerprint density at radius 1 is 0.931 bits per heavy atom. The number of ether oxygens (including phenoxy) is 2. The standard InChI is InChI=1S/C21H22F6O2/c1-3-4-5-6-15-7-12-18(19(22)13-15)20(23,24)28-14(2)16-8-10-17(11-9-16)29-21(25,26)27/h7-14H,3-6H2,1-2H3. The molecular formula is C21H22F6O2. The SMILES string of the molecule is CCCCCc1ccc(C(F)(F)OC(C)c2ccc(OC(F)(F)F)cc2)c(F)c1. The van der Waals surface area contributed by atoms with Crippen LogP contribution in [0.3, 0.4) is 0 Å². The van der Waals surface area contributed by atoms with Crippen molar-refractivity contribution in [1.29, 1.82) is 0 Å². The number of hydrogen-bond donors (Lipinski definition) is 0. The number of hydrogen-bond acceptors (Lipinski definition) is 2. The van der Waals surface area contributed by atoms with Crippen LogP contribution in [0.4, 0.5) is 26.3 Å². The number of alkyl halides is 5. The topological polar surface area (TPSA) is 18.5 Å². The Bertz CT molecular complexity index is 787. The van der Waals surface area contributed by atoms with E-state index < -0.39 is 35.7 Å². The summed E-state index contributed by atoms with van der Waals surface area (Å²) in [4.78, 5) is 0. The van der Waals surface area contributed by atoms with E-state index in [1.807, 2.05) is 6.92 Å². The minimum Gasteiger partial charge on any atom is -0.406 e. The lowest BCUT2D eigenvalue weighted by molar-refractivity contribution is -0.274. The van der Waals surface area contributed by atoms with E-state index in [1.54, 1.807) is 0 Å². The number of unbranched alkanes of at least 4 members (excludes halogenated alkanes) is 2. The van der Waals surface area contributed by atoms with Crippen LogP contribution >= 0.6 is 0 Å². The van der Waals surface area contributed by atoms with Gasteiger partial charge in [0.25, 0.3) is 0 Å². The van der Waals surface area contributed by atoms with Crippen molar-refractivity contribution in [2.75, 3.05) is 0 Å². The average molecular weight is 420 g/mol. The van der Waals surface area contributed by atoms with E-state index in [1.165, 1.54) is 25.1 Å². The molecule has 2 aromatic carbocycles. The molecule has 0 fully saturated rings. The molecule has 0 aromatic heterocycles. The van der Waals surface area contributed by atoms with E-state index in [4.69, 9.17) is 4.74 Å². The number of benzene rings is 2. The van der Waals surface area contributed by atoms with Gasteiger partial charge in [-0.1, -0.05) is 38.0 Å². The van der Waals surface area contributed by atoms with Gasteiger partial charge >= 0.3 is 12.5 Å². The predicted molar refractivity (Wildman–Crippen MR) is 96.1 cm³/mol. The Labute approximate surface area is 165 Å². The van der Waals surface area contributed by atoms with Crippen molar-refractivity contribution < 1.29 is 35.8 Å². The van der Waals surface area contributed by atoms with Crippen LogP contribution in [0.5, 0.6) is 5.75 Å². The van der Waals surface area contributed by atoms with E-state index in [0.717, 1.165) is 43.5 Å². The second kappa shape index (κ2) is 9.52. The fourth-order valence-electron chi connectivity index (χ4n) is 2.82. The average Bonchev–Trinajstić information content (AvgIpc) is 2.60. The summed E-state index contributed by atoms with van der Waals surface area (Å²) in [6.07, 6.45) is -6.56. The molecule has 29 heavy (non-hydrogen) atoms.